The van der Waals surface area contributed by atoms with E-state index in [2.05, 4.69) is 5.32 Å². The topological polar surface area (TPSA) is 64.6 Å². The molecule has 0 bridgehead atoms. The van der Waals surface area contributed by atoms with Gasteiger partial charge in [0.25, 0.3) is 5.91 Å². The number of anilines is 1. The Hall–Kier alpha value is -1.89. The maximum atomic E-state index is 11.8. The summed E-state index contributed by atoms with van der Waals surface area (Å²) in [5, 5.41) is 3.65. The number of hydrogen-bond donors (Lipinski definition) is 1. The van der Waals surface area contributed by atoms with E-state index in [1.807, 2.05) is 0 Å². The second kappa shape index (κ2) is 9.56. The van der Waals surface area contributed by atoms with Crippen LogP contribution >= 0.6 is 35.0 Å². The Kier molecular flexibility index (Phi) is 7.43. The first kappa shape index (κ1) is 19.4. The summed E-state index contributed by atoms with van der Waals surface area (Å²) >= 11 is 13.1. The number of rotatable bonds is 7. The lowest BCUT2D eigenvalue weighted by Crippen LogP contribution is -2.21. The lowest BCUT2D eigenvalue weighted by atomic mass is 10.3. The Labute approximate surface area is 159 Å². The van der Waals surface area contributed by atoms with E-state index in [1.54, 1.807) is 49.6 Å². The van der Waals surface area contributed by atoms with Crippen LogP contribution in [0.25, 0.3) is 0 Å². The van der Waals surface area contributed by atoms with Gasteiger partial charge in [-0.25, -0.2) is 0 Å². The Bertz CT molecular complexity index is 753. The van der Waals surface area contributed by atoms with Crippen LogP contribution in [0.4, 0.5) is 5.69 Å². The first-order valence-electron chi connectivity index (χ1n) is 7.15. The van der Waals surface area contributed by atoms with E-state index in [9.17, 15) is 9.59 Å². The van der Waals surface area contributed by atoms with E-state index in [0.717, 1.165) is 0 Å². The molecule has 8 heteroatoms. The summed E-state index contributed by atoms with van der Waals surface area (Å²) < 4.78 is 9.97. The van der Waals surface area contributed by atoms with Crippen molar-refractivity contribution in [1.82, 2.24) is 0 Å². The van der Waals surface area contributed by atoms with Crippen LogP contribution in [-0.4, -0.2) is 31.3 Å². The van der Waals surface area contributed by atoms with Crippen LogP contribution in [0.1, 0.15) is 0 Å². The molecular weight excluding hydrogens is 385 g/mol. The number of nitrogens with one attached hydrogen (secondary N) is 1. The van der Waals surface area contributed by atoms with Gasteiger partial charge in [0.1, 0.15) is 5.75 Å². The number of amides is 1. The average Bonchev–Trinajstić information content (AvgIpc) is 2.61. The predicted molar refractivity (Wildman–Crippen MR) is 99.8 cm³/mol. The summed E-state index contributed by atoms with van der Waals surface area (Å²) in [6.07, 6.45) is 0. The second-order valence-corrected chi connectivity index (χ2v) is 6.66. The van der Waals surface area contributed by atoms with Gasteiger partial charge in [0.05, 0.1) is 17.9 Å². The van der Waals surface area contributed by atoms with Gasteiger partial charge in [0, 0.05) is 15.6 Å². The molecule has 0 radical (unpaired) electrons. The van der Waals surface area contributed by atoms with E-state index in [1.165, 1.54) is 11.8 Å². The smallest absolute Gasteiger partial charge is 0.316 e. The highest BCUT2D eigenvalue weighted by molar-refractivity contribution is 8.00. The zero-order valence-corrected chi connectivity index (χ0v) is 15.6. The van der Waals surface area contributed by atoms with Gasteiger partial charge in [0.2, 0.25) is 0 Å². The van der Waals surface area contributed by atoms with Crippen molar-refractivity contribution >= 4 is 52.5 Å². The molecule has 0 aliphatic rings. The molecular formula is C17H15Cl2NO4S. The molecule has 132 valence electrons. The fourth-order valence-corrected chi connectivity index (χ4v) is 3.07. The van der Waals surface area contributed by atoms with Crippen LogP contribution in [0.2, 0.25) is 10.0 Å². The number of thioether (sulfide) groups is 1. The molecule has 25 heavy (non-hydrogen) atoms. The monoisotopic (exact) mass is 399 g/mol. The highest BCUT2D eigenvalue weighted by Crippen LogP contribution is 2.29. The van der Waals surface area contributed by atoms with Gasteiger partial charge in [0.15, 0.2) is 6.61 Å². The van der Waals surface area contributed by atoms with Crippen molar-refractivity contribution in [1.29, 1.82) is 0 Å². The van der Waals surface area contributed by atoms with Crippen molar-refractivity contribution in [3.63, 3.8) is 0 Å². The maximum absolute atomic E-state index is 11.8. The van der Waals surface area contributed by atoms with Crippen LogP contribution in [0, 0.1) is 0 Å². The second-order valence-electron chi connectivity index (χ2n) is 4.80. The average molecular weight is 400 g/mol. The minimum absolute atomic E-state index is 0.0237. The number of carbonyl (C=O) groups excluding carboxylic acids is 2. The minimum atomic E-state index is -0.522. The summed E-state index contributed by atoms with van der Waals surface area (Å²) in [4.78, 5) is 24.2. The first-order chi connectivity index (χ1) is 12.0. The molecule has 0 fully saturated rings. The zero-order chi connectivity index (χ0) is 18.2. The number of benzene rings is 2. The van der Waals surface area contributed by atoms with E-state index in [4.69, 9.17) is 32.7 Å². The molecule has 0 unspecified atom stereocenters. The van der Waals surface area contributed by atoms with Crippen molar-refractivity contribution in [2.24, 2.45) is 0 Å². The van der Waals surface area contributed by atoms with Gasteiger partial charge in [-0.05, 0) is 42.5 Å². The summed E-state index contributed by atoms with van der Waals surface area (Å²) in [6, 6.07) is 11.8. The van der Waals surface area contributed by atoms with Crippen molar-refractivity contribution in [2.75, 3.05) is 24.8 Å². The van der Waals surface area contributed by atoms with E-state index < -0.39 is 11.9 Å². The van der Waals surface area contributed by atoms with Crippen LogP contribution in [0.3, 0.4) is 0 Å². The number of methoxy groups -OCH3 is 1. The number of esters is 1. The quantitative estimate of drug-likeness (QED) is 0.555. The molecule has 2 rings (SSSR count). The molecule has 2 aromatic rings. The highest BCUT2D eigenvalue weighted by Gasteiger charge is 2.10. The molecule has 1 N–H and O–H groups in total. The van der Waals surface area contributed by atoms with Crippen LogP contribution in [0.15, 0.2) is 47.4 Å². The van der Waals surface area contributed by atoms with Crippen LogP contribution in [0.5, 0.6) is 5.75 Å². The van der Waals surface area contributed by atoms with Crippen molar-refractivity contribution in [3.8, 4) is 5.75 Å². The van der Waals surface area contributed by atoms with Crippen molar-refractivity contribution < 1.29 is 19.1 Å². The summed E-state index contributed by atoms with van der Waals surface area (Å²) in [7, 11) is 1.56. The summed E-state index contributed by atoms with van der Waals surface area (Å²) in [6.45, 7) is -0.366. The molecule has 0 atom stereocenters. The molecule has 0 spiro atoms. The van der Waals surface area contributed by atoms with Crippen LogP contribution in [-0.2, 0) is 14.3 Å². The summed E-state index contributed by atoms with van der Waals surface area (Å²) in [5.74, 6) is -0.244. The van der Waals surface area contributed by atoms with Gasteiger partial charge < -0.3 is 14.8 Å². The number of hydrogen-bond acceptors (Lipinski definition) is 5. The molecule has 0 aromatic heterocycles. The van der Waals surface area contributed by atoms with Gasteiger partial charge in [-0.3, -0.25) is 9.59 Å². The molecule has 5 nitrogen and oxygen atoms in total. The normalized spacial score (nSPS) is 10.2. The predicted octanol–water partition coefficient (Wildman–Crippen LogP) is 4.28. The number of carbonyl (C=O) groups is 2. The molecule has 0 saturated carbocycles. The van der Waals surface area contributed by atoms with Crippen LogP contribution < -0.4 is 10.1 Å². The number of halogens is 2. The van der Waals surface area contributed by atoms with Crippen molar-refractivity contribution in [3.05, 3.63) is 52.5 Å². The van der Waals surface area contributed by atoms with Gasteiger partial charge in [-0.2, -0.15) is 0 Å². The molecule has 0 aliphatic heterocycles. The van der Waals surface area contributed by atoms with Gasteiger partial charge >= 0.3 is 5.97 Å². The van der Waals surface area contributed by atoms with Gasteiger partial charge in [-0.1, -0.05) is 23.2 Å². The SMILES string of the molecule is COc1ccc(NC(=O)COC(=O)CSc2cc(Cl)ccc2Cl)cc1. The first-order valence-corrected chi connectivity index (χ1v) is 8.89. The van der Waals surface area contributed by atoms with E-state index in [-0.39, 0.29) is 12.4 Å². The summed E-state index contributed by atoms with van der Waals surface area (Å²) in [5.41, 5.74) is 0.585. The maximum Gasteiger partial charge on any atom is 0.316 e. The lowest BCUT2D eigenvalue weighted by Gasteiger charge is -2.08. The third-order valence-electron chi connectivity index (χ3n) is 2.98. The molecule has 2 aromatic carbocycles. The Balaban J connectivity index is 1.75. The molecule has 0 saturated heterocycles. The molecule has 0 heterocycles. The zero-order valence-electron chi connectivity index (χ0n) is 13.3. The fourth-order valence-electron chi connectivity index (χ4n) is 1.78. The Morgan fingerprint density at radius 1 is 1.12 bits per heavy atom. The molecule has 1 amide bonds. The van der Waals surface area contributed by atoms with Gasteiger partial charge in [-0.15, -0.1) is 11.8 Å². The Morgan fingerprint density at radius 3 is 2.52 bits per heavy atom. The largest absolute Gasteiger partial charge is 0.497 e. The fraction of sp³-hybridized carbons (Fsp3) is 0.176. The lowest BCUT2D eigenvalue weighted by molar-refractivity contribution is -0.144. The van der Waals surface area contributed by atoms with Crippen molar-refractivity contribution in [2.45, 2.75) is 4.90 Å². The molecule has 0 aliphatic carbocycles. The number of ether oxygens (including phenoxy) is 2. The van der Waals surface area contributed by atoms with E-state index in [0.29, 0.717) is 26.4 Å². The minimum Gasteiger partial charge on any atom is -0.497 e. The Morgan fingerprint density at radius 2 is 1.84 bits per heavy atom. The highest BCUT2D eigenvalue weighted by atomic mass is 35.5. The third-order valence-corrected chi connectivity index (χ3v) is 4.68. The standard InChI is InChI=1S/C17H15Cl2NO4S/c1-23-13-5-3-12(4-6-13)20-16(21)9-24-17(22)10-25-15-8-11(18)2-7-14(15)19/h2-8H,9-10H2,1H3,(H,20,21). The van der Waals surface area contributed by atoms with E-state index >= 15 is 0 Å². The third kappa shape index (κ3) is 6.49.